The molecular formula is C24H27BrN2O2. The lowest BCUT2D eigenvalue weighted by Crippen LogP contribution is -2.49. The molecule has 0 aromatic heterocycles. The maximum absolute atomic E-state index is 13.2. The fraction of sp³-hybridized carbons (Fsp3) is 0.417. The quantitative estimate of drug-likeness (QED) is 0.709. The van der Waals surface area contributed by atoms with Crippen LogP contribution in [0.15, 0.2) is 59.1 Å². The summed E-state index contributed by atoms with van der Waals surface area (Å²) in [6.07, 6.45) is 4.79. The highest BCUT2D eigenvalue weighted by Gasteiger charge is 2.53. The van der Waals surface area contributed by atoms with Gasteiger partial charge in [-0.3, -0.25) is 9.59 Å². The lowest BCUT2D eigenvalue weighted by Gasteiger charge is -2.35. The molecule has 152 valence electrons. The van der Waals surface area contributed by atoms with Crippen molar-refractivity contribution in [1.82, 2.24) is 10.2 Å². The molecule has 1 saturated heterocycles. The molecule has 1 aliphatic heterocycles. The Morgan fingerprint density at radius 3 is 2.41 bits per heavy atom. The average molecular weight is 455 g/mol. The molecule has 4 nitrogen and oxygen atoms in total. The molecule has 0 bridgehead atoms. The molecule has 2 aliphatic rings. The van der Waals surface area contributed by atoms with Crippen LogP contribution >= 0.6 is 15.9 Å². The van der Waals surface area contributed by atoms with E-state index in [1.54, 1.807) is 0 Å². The first-order valence-corrected chi connectivity index (χ1v) is 11.2. The highest BCUT2D eigenvalue weighted by atomic mass is 79.9. The van der Waals surface area contributed by atoms with E-state index in [0.29, 0.717) is 6.42 Å². The zero-order valence-corrected chi connectivity index (χ0v) is 18.2. The molecule has 29 heavy (non-hydrogen) atoms. The summed E-state index contributed by atoms with van der Waals surface area (Å²) in [4.78, 5) is 27.5. The standard InChI is InChI=1S/C24H27BrN2O2/c25-20-8-4-7-19(17-20)24(13-14-24)23(29)27-15-11-21(12-16-27)26-22(28)10-9-18-5-2-1-3-6-18/h1-8,17,21H,9-16H2,(H,26,28). The van der Waals surface area contributed by atoms with Crippen LogP contribution in [-0.2, 0) is 21.4 Å². The van der Waals surface area contributed by atoms with E-state index in [0.717, 1.165) is 55.2 Å². The molecule has 0 radical (unpaired) electrons. The van der Waals surface area contributed by atoms with Crippen molar-refractivity contribution in [2.24, 2.45) is 0 Å². The number of aryl methyl sites for hydroxylation is 1. The summed E-state index contributed by atoms with van der Waals surface area (Å²) in [5.74, 6) is 0.357. The molecule has 2 aromatic rings. The van der Waals surface area contributed by atoms with E-state index in [2.05, 4.69) is 45.5 Å². The molecule has 2 fully saturated rings. The van der Waals surface area contributed by atoms with E-state index in [9.17, 15) is 9.59 Å². The summed E-state index contributed by atoms with van der Waals surface area (Å²) in [7, 11) is 0. The molecule has 1 N–H and O–H groups in total. The second-order valence-electron chi connectivity index (χ2n) is 8.21. The Labute approximate surface area is 180 Å². The number of nitrogens with zero attached hydrogens (tertiary/aromatic N) is 1. The van der Waals surface area contributed by atoms with Crippen LogP contribution in [0.2, 0.25) is 0 Å². The number of carbonyl (C=O) groups is 2. The molecule has 2 amide bonds. The Morgan fingerprint density at radius 1 is 1.03 bits per heavy atom. The van der Waals surface area contributed by atoms with Gasteiger partial charge in [0.05, 0.1) is 5.41 Å². The number of rotatable bonds is 6. The van der Waals surface area contributed by atoms with Crippen LogP contribution in [0.4, 0.5) is 0 Å². The van der Waals surface area contributed by atoms with E-state index in [1.807, 2.05) is 35.2 Å². The van der Waals surface area contributed by atoms with Gasteiger partial charge in [0.25, 0.3) is 0 Å². The van der Waals surface area contributed by atoms with Gasteiger partial charge in [-0.25, -0.2) is 0 Å². The van der Waals surface area contributed by atoms with Crippen LogP contribution in [0.5, 0.6) is 0 Å². The predicted octanol–water partition coefficient (Wildman–Crippen LogP) is 4.22. The van der Waals surface area contributed by atoms with Crippen molar-refractivity contribution in [2.45, 2.75) is 50.0 Å². The highest BCUT2D eigenvalue weighted by Crippen LogP contribution is 2.50. The molecule has 0 spiro atoms. The Kier molecular flexibility index (Phi) is 6.04. The topological polar surface area (TPSA) is 49.4 Å². The molecule has 2 aromatic carbocycles. The summed E-state index contributed by atoms with van der Waals surface area (Å²) in [5.41, 5.74) is 1.98. The summed E-state index contributed by atoms with van der Waals surface area (Å²) >= 11 is 3.52. The van der Waals surface area contributed by atoms with E-state index in [1.165, 1.54) is 5.56 Å². The zero-order valence-electron chi connectivity index (χ0n) is 16.6. The zero-order chi connectivity index (χ0) is 20.3. The van der Waals surface area contributed by atoms with Gasteiger partial charge in [0.15, 0.2) is 0 Å². The van der Waals surface area contributed by atoms with E-state index >= 15 is 0 Å². The van der Waals surface area contributed by atoms with E-state index in [4.69, 9.17) is 0 Å². The van der Waals surface area contributed by atoms with Crippen molar-refractivity contribution in [1.29, 1.82) is 0 Å². The van der Waals surface area contributed by atoms with Gasteiger partial charge < -0.3 is 10.2 Å². The summed E-state index contributed by atoms with van der Waals surface area (Å²) < 4.78 is 1.02. The van der Waals surface area contributed by atoms with Crippen LogP contribution in [0.3, 0.4) is 0 Å². The molecule has 0 unspecified atom stereocenters. The fourth-order valence-electron chi connectivity index (χ4n) is 4.27. The number of amides is 2. The molecule has 4 rings (SSSR count). The first-order chi connectivity index (χ1) is 14.1. The number of likely N-dealkylation sites (tertiary alicyclic amines) is 1. The first-order valence-electron chi connectivity index (χ1n) is 10.5. The van der Waals surface area contributed by atoms with Gasteiger partial charge >= 0.3 is 0 Å². The first kappa shape index (κ1) is 20.1. The number of halogens is 1. The van der Waals surface area contributed by atoms with Crippen LogP contribution in [-0.4, -0.2) is 35.8 Å². The molecule has 1 saturated carbocycles. The predicted molar refractivity (Wildman–Crippen MR) is 118 cm³/mol. The second kappa shape index (κ2) is 8.70. The minimum Gasteiger partial charge on any atom is -0.353 e. The van der Waals surface area contributed by atoms with Crippen molar-refractivity contribution in [3.05, 3.63) is 70.2 Å². The Morgan fingerprint density at radius 2 is 1.76 bits per heavy atom. The summed E-state index contributed by atoms with van der Waals surface area (Å²) in [6.45, 7) is 1.44. The van der Waals surface area contributed by atoms with Crippen molar-refractivity contribution >= 4 is 27.7 Å². The van der Waals surface area contributed by atoms with Crippen LogP contribution in [0, 0.1) is 0 Å². The molecule has 1 heterocycles. The van der Waals surface area contributed by atoms with Crippen molar-refractivity contribution in [2.75, 3.05) is 13.1 Å². The lowest BCUT2D eigenvalue weighted by molar-refractivity contribution is -0.135. The maximum atomic E-state index is 13.2. The SMILES string of the molecule is O=C(CCc1ccccc1)NC1CCN(C(=O)C2(c3cccc(Br)c3)CC2)CC1. The third-order valence-corrected chi connectivity index (χ3v) is 6.66. The van der Waals surface area contributed by atoms with Crippen LogP contribution in [0.25, 0.3) is 0 Å². The summed E-state index contributed by atoms with van der Waals surface area (Å²) in [5, 5.41) is 3.16. The third-order valence-electron chi connectivity index (χ3n) is 6.17. The number of piperidine rings is 1. The van der Waals surface area contributed by atoms with E-state index < -0.39 is 0 Å². The monoisotopic (exact) mass is 454 g/mol. The van der Waals surface area contributed by atoms with Crippen molar-refractivity contribution < 1.29 is 9.59 Å². The molecule has 5 heteroatoms. The van der Waals surface area contributed by atoms with Gasteiger partial charge in [0.1, 0.15) is 0 Å². The smallest absolute Gasteiger partial charge is 0.233 e. The van der Waals surface area contributed by atoms with E-state index in [-0.39, 0.29) is 23.3 Å². The van der Waals surface area contributed by atoms with Crippen molar-refractivity contribution in [3.63, 3.8) is 0 Å². The normalized spacial score (nSPS) is 18.3. The lowest BCUT2D eigenvalue weighted by atomic mass is 9.93. The third kappa shape index (κ3) is 4.72. The number of carbonyl (C=O) groups excluding carboxylic acids is 2. The Balaban J connectivity index is 1.26. The Hall–Kier alpha value is -2.14. The number of nitrogens with one attached hydrogen (secondary N) is 1. The minimum absolute atomic E-state index is 0.103. The van der Waals surface area contributed by atoms with Gasteiger partial charge in [-0.1, -0.05) is 58.4 Å². The van der Waals surface area contributed by atoms with Crippen molar-refractivity contribution in [3.8, 4) is 0 Å². The van der Waals surface area contributed by atoms with Gasteiger partial charge in [0, 0.05) is 30.0 Å². The van der Waals surface area contributed by atoms with Gasteiger partial charge in [-0.15, -0.1) is 0 Å². The Bertz CT molecular complexity index is 871. The van der Waals surface area contributed by atoms with Gasteiger partial charge in [0.2, 0.25) is 11.8 Å². The maximum Gasteiger partial charge on any atom is 0.233 e. The molecule has 1 aliphatic carbocycles. The van der Waals surface area contributed by atoms with Crippen LogP contribution < -0.4 is 5.32 Å². The highest BCUT2D eigenvalue weighted by molar-refractivity contribution is 9.10. The minimum atomic E-state index is -0.324. The number of hydrogen-bond donors (Lipinski definition) is 1. The average Bonchev–Trinajstić information content (AvgIpc) is 3.55. The van der Waals surface area contributed by atoms with Gasteiger partial charge in [-0.2, -0.15) is 0 Å². The van der Waals surface area contributed by atoms with Gasteiger partial charge in [-0.05, 0) is 55.4 Å². The molecule has 0 atom stereocenters. The largest absolute Gasteiger partial charge is 0.353 e. The fourth-order valence-corrected chi connectivity index (χ4v) is 4.67. The number of hydrogen-bond acceptors (Lipinski definition) is 2. The second-order valence-corrected chi connectivity index (χ2v) is 9.13. The van der Waals surface area contributed by atoms with Crippen LogP contribution in [0.1, 0.15) is 43.2 Å². The molecular weight excluding hydrogens is 428 g/mol. The number of benzene rings is 2. The summed E-state index contributed by atoms with van der Waals surface area (Å²) in [6, 6.07) is 18.4.